The molecule has 1 heterocycles. The molecule has 6 nitrogen and oxygen atoms in total. The molecule has 1 saturated carbocycles. The zero-order valence-electron chi connectivity index (χ0n) is 17.3. The van der Waals surface area contributed by atoms with Crippen LogP contribution in [0.25, 0.3) is 6.08 Å². The van der Waals surface area contributed by atoms with Gasteiger partial charge in [0.1, 0.15) is 0 Å². The van der Waals surface area contributed by atoms with Crippen molar-refractivity contribution in [3.63, 3.8) is 0 Å². The number of thioether (sulfide) groups is 1. The number of carbonyl (C=O) groups is 1. The van der Waals surface area contributed by atoms with Crippen LogP contribution in [0.5, 0.6) is 0 Å². The molecule has 0 spiro atoms. The van der Waals surface area contributed by atoms with Crippen LogP contribution in [0.1, 0.15) is 43.2 Å². The molecule has 8 heteroatoms. The molecule has 0 bridgehead atoms. The molecular formula is C23H25N3O3S2. The first-order valence-corrected chi connectivity index (χ1v) is 12.7. The molecule has 2 N–H and O–H groups in total. The summed E-state index contributed by atoms with van der Waals surface area (Å²) in [6.07, 6.45) is 7.25. The second kappa shape index (κ2) is 8.98. The standard InChI is InChI=1S/C23H25N3O3S2/c1-16-6-5-7-17(14-16)15-21-22(27)26(19-8-3-2-4-9-19)23(30-21)25-18-10-12-20(13-11-18)31(24,28)29/h5-7,10-15,19H,2-4,8-9H2,1H3,(H2,24,28,29)/b21-15?,25-23-. The van der Waals surface area contributed by atoms with Crippen molar-refractivity contribution in [3.05, 3.63) is 64.6 Å². The number of carbonyl (C=O) groups excluding carboxylic acids is 1. The van der Waals surface area contributed by atoms with Crippen molar-refractivity contribution in [3.8, 4) is 0 Å². The number of aliphatic imine (C=N–C) groups is 1. The highest BCUT2D eigenvalue weighted by Crippen LogP contribution is 2.38. The Morgan fingerprint density at radius 1 is 1.10 bits per heavy atom. The van der Waals surface area contributed by atoms with E-state index in [1.165, 1.54) is 30.3 Å². The van der Waals surface area contributed by atoms with E-state index in [2.05, 4.69) is 0 Å². The van der Waals surface area contributed by atoms with Crippen molar-refractivity contribution < 1.29 is 13.2 Å². The van der Waals surface area contributed by atoms with E-state index in [4.69, 9.17) is 10.1 Å². The minimum atomic E-state index is -3.76. The maximum atomic E-state index is 13.3. The number of nitrogens with zero attached hydrogens (tertiary/aromatic N) is 2. The third-order valence-corrected chi connectivity index (χ3v) is 7.42. The highest BCUT2D eigenvalue weighted by Gasteiger charge is 2.38. The van der Waals surface area contributed by atoms with Crippen LogP contribution in [0, 0.1) is 6.92 Å². The number of amidine groups is 1. The van der Waals surface area contributed by atoms with Gasteiger partial charge in [-0.1, -0.05) is 49.1 Å². The van der Waals surface area contributed by atoms with Gasteiger partial charge in [-0.2, -0.15) is 0 Å². The first-order chi connectivity index (χ1) is 14.8. The maximum Gasteiger partial charge on any atom is 0.267 e. The average Bonchev–Trinajstić information content (AvgIpc) is 3.03. The predicted molar refractivity (Wildman–Crippen MR) is 125 cm³/mol. The average molecular weight is 456 g/mol. The van der Waals surface area contributed by atoms with Crippen LogP contribution in [0.4, 0.5) is 5.69 Å². The fourth-order valence-corrected chi connectivity index (χ4v) is 5.53. The first kappa shape index (κ1) is 21.8. The highest BCUT2D eigenvalue weighted by molar-refractivity contribution is 8.18. The van der Waals surface area contributed by atoms with Gasteiger partial charge in [-0.25, -0.2) is 18.5 Å². The number of primary sulfonamides is 1. The molecule has 4 rings (SSSR count). The summed E-state index contributed by atoms with van der Waals surface area (Å²) in [4.78, 5) is 20.6. The fraction of sp³-hybridized carbons (Fsp3) is 0.304. The molecule has 2 fully saturated rings. The summed E-state index contributed by atoms with van der Waals surface area (Å²) in [7, 11) is -3.76. The molecule has 31 heavy (non-hydrogen) atoms. The van der Waals surface area contributed by atoms with Crippen molar-refractivity contribution in [2.45, 2.75) is 50.0 Å². The number of nitrogens with two attached hydrogens (primary N) is 1. The van der Waals surface area contributed by atoms with Crippen LogP contribution >= 0.6 is 11.8 Å². The normalized spacial score (nSPS) is 20.7. The smallest absolute Gasteiger partial charge is 0.267 e. The van der Waals surface area contributed by atoms with Crippen molar-refractivity contribution in [1.29, 1.82) is 0 Å². The summed E-state index contributed by atoms with van der Waals surface area (Å²) < 4.78 is 23.0. The Labute approximate surface area is 187 Å². The summed E-state index contributed by atoms with van der Waals surface area (Å²) in [6, 6.07) is 14.3. The maximum absolute atomic E-state index is 13.3. The van der Waals surface area contributed by atoms with E-state index >= 15 is 0 Å². The molecule has 1 aliphatic heterocycles. The predicted octanol–water partition coefficient (Wildman–Crippen LogP) is 4.58. The van der Waals surface area contributed by atoms with Gasteiger partial charge < -0.3 is 0 Å². The van der Waals surface area contributed by atoms with Crippen LogP contribution in [0.2, 0.25) is 0 Å². The molecule has 162 valence electrons. The number of aryl methyl sites for hydroxylation is 1. The van der Waals surface area contributed by atoms with E-state index in [9.17, 15) is 13.2 Å². The number of hydrogen-bond donors (Lipinski definition) is 1. The number of amides is 1. The Bertz CT molecular complexity index is 1150. The van der Waals surface area contributed by atoms with Gasteiger partial charge in [-0.3, -0.25) is 9.69 Å². The van der Waals surface area contributed by atoms with Gasteiger partial charge in [0.2, 0.25) is 10.0 Å². The Balaban J connectivity index is 1.69. The molecule has 1 saturated heterocycles. The van der Waals surface area contributed by atoms with E-state index in [1.54, 1.807) is 12.1 Å². The summed E-state index contributed by atoms with van der Waals surface area (Å²) in [5.74, 6) is -0.0155. The van der Waals surface area contributed by atoms with Gasteiger partial charge in [-0.15, -0.1) is 0 Å². The van der Waals surface area contributed by atoms with Crippen molar-refractivity contribution in [2.24, 2.45) is 10.1 Å². The summed E-state index contributed by atoms with van der Waals surface area (Å²) in [5.41, 5.74) is 2.70. The SMILES string of the molecule is Cc1cccc(C=C2S/C(=N\c3ccc(S(N)(=O)=O)cc3)N(C3CCCCC3)C2=O)c1. The Morgan fingerprint density at radius 3 is 2.45 bits per heavy atom. The lowest BCUT2D eigenvalue weighted by Gasteiger charge is -2.30. The number of benzene rings is 2. The van der Waals surface area contributed by atoms with Gasteiger partial charge in [-0.05, 0) is 67.4 Å². The number of hydrogen-bond acceptors (Lipinski definition) is 5. The summed E-state index contributed by atoms with van der Waals surface area (Å²) in [6.45, 7) is 2.03. The molecular weight excluding hydrogens is 430 g/mol. The third-order valence-electron chi connectivity index (χ3n) is 5.51. The minimum Gasteiger partial charge on any atom is -0.283 e. The monoisotopic (exact) mass is 455 g/mol. The van der Waals surface area contributed by atoms with Gasteiger partial charge in [0.05, 0.1) is 15.5 Å². The molecule has 1 aliphatic carbocycles. The third kappa shape index (κ3) is 5.08. The number of rotatable bonds is 4. The first-order valence-electron chi connectivity index (χ1n) is 10.3. The van der Waals surface area contributed by atoms with Gasteiger partial charge >= 0.3 is 0 Å². The van der Waals surface area contributed by atoms with E-state index in [0.29, 0.717) is 15.8 Å². The molecule has 2 aliphatic rings. The van der Waals surface area contributed by atoms with Crippen LogP contribution in [-0.4, -0.2) is 30.4 Å². The molecule has 2 aromatic carbocycles. The van der Waals surface area contributed by atoms with Crippen LogP contribution < -0.4 is 5.14 Å². The van der Waals surface area contributed by atoms with E-state index < -0.39 is 10.0 Å². The zero-order chi connectivity index (χ0) is 22.0. The van der Waals surface area contributed by atoms with Crippen molar-refractivity contribution in [2.75, 3.05) is 0 Å². The summed E-state index contributed by atoms with van der Waals surface area (Å²) >= 11 is 1.37. The van der Waals surface area contributed by atoms with Crippen molar-refractivity contribution >= 4 is 44.6 Å². The number of sulfonamides is 1. The molecule has 0 radical (unpaired) electrons. The Hall–Kier alpha value is -2.42. The van der Waals surface area contributed by atoms with Crippen molar-refractivity contribution in [1.82, 2.24) is 4.90 Å². The van der Waals surface area contributed by atoms with Gasteiger partial charge in [0.15, 0.2) is 5.17 Å². The molecule has 0 aromatic heterocycles. The lowest BCUT2D eigenvalue weighted by molar-refractivity contribution is -0.124. The van der Waals surface area contributed by atoms with E-state index in [1.807, 2.05) is 42.2 Å². The molecule has 0 atom stereocenters. The lowest BCUT2D eigenvalue weighted by Crippen LogP contribution is -2.40. The Morgan fingerprint density at radius 2 is 1.81 bits per heavy atom. The quantitative estimate of drug-likeness (QED) is 0.683. The molecule has 1 amide bonds. The van der Waals surface area contributed by atoms with Gasteiger partial charge in [0.25, 0.3) is 5.91 Å². The van der Waals surface area contributed by atoms with Crippen LogP contribution in [0.3, 0.4) is 0 Å². The lowest BCUT2D eigenvalue weighted by atomic mass is 9.94. The molecule has 0 unspecified atom stereocenters. The topological polar surface area (TPSA) is 92.8 Å². The minimum absolute atomic E-state index is 0.0155. The second-order valence-corrected chi connectivity index (χ2v) is 10.5. The van der Waals surface area contributed by atoms with E-state index in [-0.39, 0.29) is 16.8 Å². The fourth-order valence-electron chi connectivity index (χ4n) is 3.96. The van der Waals surface area contributed by atoms with E-state index in [0.717, 1.165) is 36.8 Å². The van der Waals surface area contributed by atoms with Gasteiger partial charge in [0, 0.05) is 6.04 Å². The summed E-state index contributed by atoms with van der Waals surface area (Å²) in [5, 5.41) is 5.82. The highest BCUT2D eigenvalue weighted by atomic mass is 32.2. The Kier molecular flexibility index (Phi) is 6.31. The largest absolute Gasteiger partial charge is 0.283 e. The van der Waals surface area contributed by atoms with Crippen LogP contribution in [-0.2, 0) is 14.8 Å². The van der Waals surface area contributed by atoms with Crippen LogP contribution in [0.15, 0.2) is 63.3 Å². The second-order valence-electron chi connectivity index (χ2n) is 7.93. The zero-order valence-corrected chi connectivity index (χ0v) is 19.0. The molecule has 2 aromatic rings.